The zero-order valence-corrected chi connectivity index (χ0v) is 16.7. The molecule has 4 amide bonds. The van der Waals surface area contributed by atoms with E-state index in [0.29, 0.717) is 0 Å². The molecule has 0 fully saturated rings. The average Bonchev–Trinajstić information content (AvgIpc) is 2.59. The summed E-state index contributed by atoms with van der Waals surface area (Å²) >= 11 is 0. The highest BCUT2D eigenvalue weighted by Crippen LogP contribution is 2.05. The lowest BCUT2D eigenvalue weighted by Gasteiger charge is -2.24. The number of aliphatic carboxylic acids is 1. The Morgan fingerprint density at radius 3 is 1.93 bits per heavy atom. The van der Waals surface area contributed by atoms with Gasteiger partial charge in [-0.1, -0.05) is 27.7 Å². The molecule has 0 aliphatic carbocycles. The molecular formula is C17H31N5O6. The highest BCUT2D eigenvalue weighted by molar-refractivity contribution is 5.92. The molecule has 0 aliphatic heterocycles. The summed E-state index contributed by atoms with van der Waals surface area (Å²) in [7, 11) is 0. The van der Waals surface area contributed by atoms with Gasteiger partial charge < -0.3 is 32.5 Å². The number of hydrogen-bond acceptors (Lipinski definition) is 6. The fourth-order valence-electron chi connectivity index (χ4n) is 2.15. The van der Waals surface area contributed by atoms with Gasteiger partial charge in [-0.15, -0.1) is 0 Å². The summed E-state index contributed by atoms with van der Waals surface area (Å²) in [4.78, 5) is 58.3. The molecule has 3 atom stereocenters. The SMILES string of the molecule is CC(C)C(N)C(=O)NCC(=O)NC(C(=O)NC(CCC(N)=O)C(=O)O)C(C)C. The van der Waals surface area contributed by atoms with Crippen molar-refractivity contribution in [1.29, 1.82) is 0 Å². The monoisotopic (exact) mass is 401 g/mol. The normalized spacial score (nSPS) is 14.1. The number of rotatable bonds is 12. The molecule has 28 heavy (non-hydrogen) atoms. The smallest absolute Gasteiger partial charge is 0.326 e. The van der Waals surface area contributed by atoms with E-state index in [9.17, 15) is 24.0 Å². The standard InChI is InChI=1S/C17H31N5O6/c1-8(2)13(19)15(25)20-7-12(24)22-14(9(3)4)16(26)21-10(17(27)28)5-6-11(18)23/h8-10,13-14H,5-7,19H2,1-4H3,(H2,18,23)(H,20,25)(H,21,26)(H,22,24)(H,27,28). The largest absolute Gasteiger partial charge is 0.480 e. The van der Waals surface area contributed by atoms with Crippen molar-refractivity contribution in [2.24, 2.45) is 23.3 Å². The van der Waals surface area contributed by atoms with E-state index < -0.39 is 47.7 Å². The minimum atomic E-state index is -1.32. The summed E-state index contributed by atoms with van der Waals surface area (Å²) in [6.07, 6.45) is -0.379. The first-order valence-electron chi connectivity index (χ1n) is 9.00. The van der Waals surface area contributed by atoms with Crippen LogP contribution in [0.4, 0.5) is 0 Å². The molecule has 0 aliphatic rings. The number of primary amides is 1. The van der Waals surface area contributed by atoms with Crippen LogP contribution in [0, 0.1) is 11.8 Å². The Labute approximate surface area is 164 Å². The topological polar surface area (TPSA) is 194 Å². The van der Waals surface area contributed by atoms with Crippen molar-refractivity contribution in [1.82, 2.24) is 16.0 Å². The van der Waals surface area contributed by atoms with Gasteiger partial charge in [0.1, 0.15) is 12.1 Å². The van der Waals surface area contributed by atoms with Gasteiger partial charge in [0.05, 0.1) is 12.6 Å². The Hall–Kier alpha value is -2.69. The lowest BCUT2D eigenvalue weighted by molar-refractivity contribution is -0.142. The number of hydrogen-bond donors (Lipinski definition) is 6. The van der Waals surface area contributed by atoms with Gasteiger partial charge in [0.25, 0.3) is 0 Å². The maximum absolute atomic E-state index is 12.4. The van der Waals surface area contributed by atoms with E-state index >= 15 is 0 Å². The molecule has 8 N–H and O–H groups in total. The molecule has 0 rings (SSSR count). The van der Waals surface area contributed by atoms with Gasteiger partial charge in [-0.25, -0.2) is 4.79 Å². The molecule has 0 bridgehead atoms. The first-order chi connectivity index (χ1) is 12.9. The summed E-state index contributed by atoms with van der Waals surface area (Å²) in [5.74, 6) is -4.31. The summed E-state index contributed by atoms with van der Waals surface area (Å²) in [6, 6.07) is -3.11. The lowest BCUT2D eigenvalue weighted by atomic mass is 10.0. The van der Waals surface area contributed by atoms with E-state index in [4.69, 9.17) is 16.6 Å². The number of carbonyl (C=O) groups excluding carboxylic acids is 4. The molecule has 0 aromatic heterocycles. The van der Waals surface area contributed by atoms with Crippen molar-refractivity contribution in [2.75, 3.05) is 6.54 Å². The molecular weight excluding hydrogens is 370 g/mol. The van der Waals surface area contributed by atoms with Crippen molar-refractivity contribution in [3.05, 3.63) is 0 Å². The first-order valence-corrected chi connectivity index (χ1v) is 9.00. The molecule has 11 nitrogen and oxygen atoms in total. The van der Waals surface area contributed by atoms with Crippen LogP contribution in [-0.4, -0.2) is 59.4 Å². The lowest BCUT2D eigenvalue weighted by Crippen LogP contribution is -2.55. The fraction of sp³-hybridized carbons (Fsp3) is 0.706. The number of amides is 4. The van der Waals surface area contributed by atoms with Crippen LogP contribution in [0.2, 0.25) is 0 Å². The fourth-order valence-corrected chi connectivity index (χ4v) is 2.15. The second kappa shape index (κ2) is 11.9. The van der Waals surface area contributed by atoms with Gasteiger partial charge in [-0.3, -0.25) is 19.2 Å². The Bertz CT molecular complexity index is 593. The van der Waals surface area contributed by atoms with Gasteiger partial charge in [-0.2, -0.15) is 0 Å². The predicted octanol–water partition coefficient (Wildman–Crippen LogP) is -1.94. The number of nitrogens with two attached hydrogens (primary N) is 2. The van der Waals surface area contributed by atoms with Gasteiger partial charge in [0.15, 0.2) is 0 Å². The molecule has 160 valence electrons. The molecule has 0 saturated carbocycles. The van der Waals surface area contributed by atoms with Crippen molar-refractivity contribution >= 4 is 29.6 Å². The van der Waals surface area contributed by atoms with Gasteiger partial charge in [0.2, 0.25) is 23.6 Å². The van der Waals surface area contributed by atoms with Crippen LogP contribution in [0.1, 0.15) is 40.5 Å². The quantitative estimate of drug-likeness (QED) is 0.219. The number of carboxylic acid groups (broad SMARTS) is 1. The highest BCUT2D eigenvalue weighted by atomic mass is 16.4. The molecule has 11 heteroatoms. The molecule has 0 heterocycles. The van der Waals surface area contributed by atoms with Crippen molar-refractivity contribution in [3.63, 3.8) is 0 Å². The third-order valence-corrected chi connectivity index (χ3v) is 4.00. The van der Waals surface area contributed by atoms with Crippen LogP contribution >= 0.6 is 0 Å². The predicted molar refractivity (Wildman–Crippen MR) is 101 cm³/mol. The molecule has 3 unspecified atom stereocenters. The van der Waals surface area contributed by atoms with Crippen LogP contribution < -0.4 is 27.4 Å². The maximum Gasteiger partial charge on any atom is 0.326 e. The number of nitrogens with one attached hydrogen (secondary N) is 3. The summed E-state index contributed by atoms with van der Waals surface area (Å²) in [5, 5.41) is 16.3. The average molecular weight is 401 g/mol. The minimum absolute atomic E-state index is 0.106. The second-order valence-electron chi connectivity index (χ2n) is 7.18. The van der Waals surface area contributed by atoms with E-state index in [1.54, 1.807) is 27.7 Å². The zero-order chi connectivity index (χ0) is 22.0. The van der Waals surface area contributed by atoms with Crippen molar-refractivity contribution < 1.29 is 29.1 Å². The molecule has 0 saturated heterocycles. The zero-order valence-electron chi connectivity index (χ0n) is 16.7. The Kier molecular flexibility index (Phi) is 10.8. The van der Waals surface area contributed by atoms with Crippen molar-refractivity contribution in [3.8, 4) is 0 Å². The summed E-state index contributed by atoms with van der Waals surface area (Å²) in [5.41, 5.74) is 10.7. The van der Waals surface area contributed by atoms with Gasteiger partial charge >= 0.3 is 5.97 Å². The summed E-state index contributed by atoms with van der Waals surface area (Å²) in [6.45, 7) is 6.48. The van der Waals surface area contributed by atoms with E-state index in [1.807, 2.05) is 0 Å². The summed E-state index contributed by atoms with van der Waals surface area (Å²) < 4.78 is 0. The third kappa shape index (κ3) is 9.31. The first kappa shape index (κ1) is 25.3. The molecule has 0 spiro atoms. The van der Waals surface area contributed by atoms with E-state index in [1.165, 1.54) is 0 Å². The van der Waals surface area contributed by atoms with Crippen LogP contribution in [0.25, 0.3) is 0 Å². The molecule has 0 radical (unpaired) electrons. The molecule has 0 aromatic carbocycles. The second-order valence-corrected chi connectivity index (χ2v) is 7.18. The number of carbonyl (C=O) groups is 5. The van der Waals surface area contributed by atoms with Crippen molar-refractivity contribution in [2.45, 2.75) is 58.7 Å². The van der Waals surface area contributed by atoms with E-state index in [0.717, 1.165) is 0 Å². The van der Waals surface area contributed by atoms with Crippen LogP contribution in [0.5, 0.6) is 0 Å². The van der Waals surface area contributed by atoms with Gasteiger partial charge in [0, 0.05) is 6.42 Å². The van der Waals surface area contributed by atoms with E-state index in [-0.39, 0.29) is 31.2 Å². The van der Waals surface area contributed by atoms with Gasteiger partial charge in [-0.05, 0) is 18.3 Å². The third-order valence-electron chi connectivity index (χ3n) is 4.00. The minimum Gasteiger partial charge on any atom is -0.480 e. The Morgan fingerprint density at radius 1 is 0.929 bits per heavy atom. The Morgan fingerprint density at radius 2 is 1.50 bits per heavy atom. The maximum atomic E-state index is 12.4. The highest BCUT2D eigenvalue weighted by Gasteiger charge is 2.29. The van der Waals surface area contributed by atoms with Crippen LogP contribution in [-0.2, 0) is 24.0 Å². The number of carboxylic acids is 1. The van der Waals surface area contributed by atoms with Crippen LogP contribution in [0.15, 0.2) is 0 Å². The van der Waals surface area contributed by atoms with E-state index in [2.05, 4.69) is 16.0 Å². The van der Waals surface area contributed by atoms with Crippen LogP contribution in [0.3, 0.4) is 0 Å². The molecule has 0 aromatic rings. The Balaban J connectivity index is 4.85.